The number of amides is 1. The molecule has 3 aromatic heterocycles. The van der Waals surface area contributed by atoms with Gasteiger partial charge in [-0.2, -0.15) is 28.2 Å². The minimum absolute atomic E-state index is 0.189. The van der Waals surface area contributed by atoms with E-state index in [9.17, 15) is 18.0 Å². The molecule has 2 N–H and O–H groups in total. The van der Waals surface area contributed by atoms with E-state index < -0.39 is 11.7 Å². The zero-order valence-electron chi connectivity index (χ0n) is 20.2. The highest BCUT2D eigenvalue weighted by molar-refractivity contribution is 5.84. The minimum Gasteiger partial charge on any atom is -0.368 e. The summed E-state index contributed by atoms with van der Waals surface area (Å²) < 4.78 is 42.2. The van der Waals surface area contributed by atoms with Crippen LogP contribution in [0.5, 0.6) is 0 Å². The quantitative estimate of drug-likeness (QED) is 0.328. The number of carbonyl (C=O) groups excluding carboxylic acids is 1. The van der Waals surface area contributed by atoms with Crippen molar-refractivity contribution in [2.24, 2.45) is 7.05 Å². The molecule has 10 nitrogen and oxygen atoms in total. The van der Waals surface area contributed by atoms with Crippen LogP contribution in [0.25, 0.3) is 11.2 Å². The molecule has 1 aromatic carbocycles. The molecule has 0 spiro atoms. The fourth-order valence-electron chi connectivity index (χ4n) is 4.26. The first kappa shape index (κ1) is 24.5. The highest BCUT2D eigenvalue weighted by atomic mass is 19.4. The zero-order valence-corrected chi connectivity index (χ0v) is 20.2. The SMILES string of the molecule is Cn1nccc1Nc1nc(NCCCN2CCCC2=O)c2ncn(Cc3ccc(C(F)(F)F)cc3)c2n1. The highest BCUT2D eigenvalue weighted by Gasteiger charge is 2.30. The van der Waals surface area contributed by atoms with Crippen LogP contribution in [0.3, 0.4) is 0 Å². The smallest absolute Gasteiger partial charge is 0.368 e. The number of imidazole rings is 1. The van der Waals surface area contributed by atoms with Crippen LogP contribution < -0.4 is 10.6 Å². The lowest BCUT2D eigenvalue weighted by Gasteiger charge is -2.16. The Hall–Kier alpha value is -4.16. The molecule has 1 fully saturated rings. The summed E-state index contributed by atoms with van der Waals surface area (Å²) in [5.74, 6) is 1.72. The van der Waals surface area contributed by atoms with E-state index in [2.05, 4.69) is 30.7 Å². The molecule has 0 aliphatic carbocycles. The van der Waals surface area contributed by atoms with Crippen molar-refractivity contribution in [2.75, 3.05) is 30.3 Å². The predicted octanol–water partition coefficient (Wildman–Crippen LogP) is 3.79. The van der Waals surface area contributed by atoms with Crippen LogP contribution in [-0.2, 0) is 24.6 Å². The van der Waals surface area contributed by atoms with Crippen molar-refractivity contribution in [1.82, 2.24) is 34.2 Å². The van der Waals surface area contributed by atoms with Gasteiger partial charge in [0.1, 0.15) is 5.82 Å². The lowest BCUT2D eigenvalue weighted by molar-refractivity contribution is -0.137. The summed E-state index contributed by atoms with van der Waals surface area (Å²) in [6.45, 7) is 2.33. The summed E-state index contributed by atoms with van der Waals surface area (Å²) in [6.07, 6.45) is 1.11. The number of alkyl halides is 3. The second-order valence-electron chi connectivity index (χ2n) is 8.86. The van der Waals surface area contributed by atoms with E-state index in [-0.39, 0.29) is 12.5 Å². The van der Waals surface area contributed by atoms with Crippen molar-refractivity contribution < 1.29 is 18.0 Å². The number of rotatable bonds is 9. The van der Waals surface area contributed by atoms with E-state index in [0.29, 0.717) is 53.8 Å². The van der Waals surface area contributed by atoms with Gasteiger partial charge < -0.3 is 20.1 Å². The first-order valence-corrected chi connectivity index (χ1v) is 11.9. The Bertz CT molecular complexity index is 1390. The number of halogens is 3. The molecule has 5 rings (SSSR count). The second kappa shape index (κ2) is 10.1. The van der Waals surface area contributed by atoms with Gasteiger partial charge >= 0.3 is 6.18 Å². The zero-order chi connectivity index (χ0) is 26.0. The molecule has 4 aromatic rings. The Morgan fingerprint density at radius 1 is 1.11 bits per heavy atom. The summed E-state index contributed by atoms with van der Waals surface area (Å²) in [4.78, 5) is 27.4. The number of benzene rings is 1. The van der Waals surface area contributed by atoms with Gasteiger partial charge in [0.05, 0.1) is 24.6 Å². The van der Waals surface area contributed by atoms with Crippen molar-refractivity contribution in [3.63, 3.8) is 0 Å². The number of carbonyl (C=O) groups is 1. The maximum Gasteiger partial charge on any atom is 0.416 e. The van der Waals surface area contributed by atoms with Gasteiger partial charge in [0, 0.05) is 39.2 Å². The monoisotopic (exact) mass is 513 g/mol. The maximum atomic E-state index is 12.9. The molecule has 0 radical (unpaired) electrons. The van der Waals surface area contributed by atoms with E-state index >= 15 is 0 Å². The van der Waals surface area contributed by atoms with E-state index in [1.165, 1.54) is 12.1 Å². The van der Waals surface area contributed by atoms with Gasteiger partial charge in [-0.25, -0.2) is 4.98 Å². The third-order valence-corrected chi connectivity index (χ3v) is 6.23. The molecular formula is C24H26F3N9O. The van der Waals surface area contributed by atoms with Crippen molar-refractivity contribution in [1.29, 1.82) is 0 Å². The lowest BCUT2D eigenvalue weighted by Crippen LogP contribution is -2.27. The molecule has 13 heteroatoms. The average molecular weight is 514 g/mol. The molecule has 194 valence electrons. The van der Waals surface area contributed by atoms with Crippen molar-refractivity contribution in [3.05, 3.63) is 54.0 Å². The highest BCUT2D eigenvalue weighted by Crippen LogP contribution is 2.29. The standard InChI is InChI=1S/C24H26F3N9O/c1-34-18(9-11-30-34)31-23-32-21(28-10-3-13-35-12-2-4-19(35)37)20-22(33-23)36(15-29-20)14-16-5-7-17(8-6-16)24(25,26)27/h5-9,11,15H,2-4,10,12-14H2,1H3,(H2,28,31,32,33). The Balaban J connectivity index is 1.39. The molecule has 1 aliphatic rings. The number of nitrogens with one attached hydrogen (secondary N) is 2. The number of hydrogen-bond donors (Lipinski definition) is 2. The fraction of sp³-hybridized carbons (Fsp3) is 0.375. The van der Waals surface area contributed by atoms with Crippen LogP contribution in [-0.4, -0.2) is 59.7 Å². The lowest BCUT2D eigenvalue weighted by atomic mass is 10.1. The van der Waals surface area contributed by atoms with Crippen molar-refractivity contribution in [3.8, 4) is 0 Å². The Labute approximate surface area is 210 Å². The van der Waals surface area contributed by atoms with Crippen LogP contribution in [0.2, 0.25) is 0 Å². The minimum atomic E-state index is -4.39. The number of likely N-dealkylation sites (tertiary alicyclic amines) is 1. The van der Waals surface area contributed by atoms with Crippen LogP contribution in [0, 0.1) is 0 Å². The van der Waals surface area contributed by atoms with Crippen molar-refractivity contribution >= 4 is 34.7 Å². The molecule has 1 aliphatic heterocycles. The van der Waals surface area contributed by atoms with Gasteiger partial charge in [-0.15, -0.1) is 0 Å². The molecule has 0 saturated carbocycles. The Morgan fingerprint density at radius 3 is 2.59 bits per heavy atom. The molecular weight excluding hydrogens is 487 g/mol. The first-order valence-electron chi connectivity index (χ1n) is 11.9. The van der Waals surface area contributed by atoms with E-state index in [4.69, 9.17) is 0 Å². The van der Waals surface area contributed by atoms with Gasteiger partial charge in [0.15, 0.2) is 17.0 Å². The average Bonchev–Trinajstić information content (AvgIpc) is 3.58. The molecule has 4 heterocycles. The third-order valence-electron chi connectivity index (χ3n) is 6.23. The van der Waals surface area contributed by atoms with Crippen LogP contribution >= 0.6 is 0 Å². The Kier molecular flexibility index (Phi) is 6.68. The van der Waals surface area contributed by atoms with Gasteiger partial charge in [-0.3, -0.25) is 9.48 Å². The van der Waals surface area contributed by atoms with Gasteiger partial charge in [0.25, 0.3) is 0 Å². The van der Waals surface area contributed by atoms with E-state index in [0.717, 1.165) is 31.5 Å². The predicted molar refractivity (Wildman–Crippen MR) is 131 cm³/mol. The maximum absolute atomic E-state index is 12.9. The number of fused-ring (bicyclic) bond motifs is 1. The van der Waals surface area contributed by atoms with E-state index in [1.54, 1.807) is 34.9 Å². The number of aryl methyl sites for hydroxylation is 1. The third kappa shape index (κ3) is 5.49. The number of nitrogens with zero attached hydrogens (tertiary/aromatic N) is 7. The van der Waals surface area contributed by atoms with Gasteiger partial charge in [-0.1, -0.05) is 12.1 Å². The van der Waals surface area contributed by atoms with Crippen LogP contribution in [0.4, 0.5) is 30.8 Å². The fourth-order valence-corrected chi connectivity index (χ4v) is 4.26. The molecule has 0 unspecified atom stereocenters. The number of hydrogen-bond acceptors (Lipinski definition) is 7. The second-order valence-corrected chi connectivity index (χ2v) is 8.86. The Morgan fingerprint density at radius 2 is 1.92 bits per heavy atom. The van der Waals surface area contributed by atoms with Crippen LogP contribution in [0.1, 0.15) is 30.4 Å². The van der Waals surface area contributed by atoms with Gasteiger partial charge in [0.2, 0.25) is 11.9 Å². The van der Waals surface area contributed by atoms with Crippen molar-refractivity contribution in [2.45, 2.75) is 32.0 Å². The molecule has 0 atom stereocenters. The summed E-state index contributed by atoms with van der Waals surface area (Å²) in [6, 6.07) is 6.81. The molecule has 37 heavy (non-hydrogen) atoms. The molecule has 1 saturated heterocycles. The molecule has 0 bridgehead atoms. The number of anilines is 3. The normalized spacial score (nSPS) is 14.1. The summed E-state index contributed by atoms with van der Waals surface area (Å²) in [5, 5.41) is 10.6. The first-order chi connectivity index (χ1) is 17.8. The largest absolute Gasteiger partial charge is 0.416 e. The summed E-state index contributed by atoms with van der Waals surface area (Å²) in [5.41, 5.74) is 1.05. The number of aromatic nitrogens is 6. The van der Waals surface area contributed by atoms with E-state index in [1.807, 2.05) is 4.90 Å². The topological polar surface area (TPSA) is 106 Å². The van der Waals surface area contributed by atoms with Crippen LogP contribution in [0.15, 0.2) is 42.9 Å². The summed E-state index contributed by atoms with van der Waals surface area (Å²) >= 11 is 0. The van der Waals surface area contributed by atoms with Gasteiger partial charge in [-0.05, 0) is 30.5 Å². The summed E-state index contributed by atoms with van der Waals surface area (Å²) in [7, 11) is 1.79. The molecule has 1 amide bonds.